The third-order valence-electron chi connectivity index (χ3n) is 2.91. The van der Waals surface area contributed by atoms with Gasteiger partial charge in [0.05, 0.1) is 11.8 Å². The molecule has 19 heavy (non-hydrogen) atoms. The van der Waals surface area contributed by atoms with Gasteiger partial charge < -0.3 is 4.90 Å². The van der Waals surface area contributed by atoms with Crippen LogP contribution in [-0.2, 0) is 6.54 Å². The molecule has 0 aliphatic heterocycles. The van der Waals surface area contributed by atoms with Gasteiger partial charge in [-0.1, -0.05) is 19.4 Å². The Morgan fingerprint density at radius 3 is 2.95 bits per heavy atom. The van der Waals surface area contributed by atoms with Gasteiger partial charge in [-0.15, -0.1) is 0 Å². The first-order valence-corrected chi connectivity index (χ1v) is 6.48. The first kappa shape index (κ1) is 13.3. The molecule has 5 heteroatoms. The fourth-order valence-corrected chi connectivity index (χ4v) is 1.86. The molecule has 2 heterocycles. The van der Waals surface area contributed by atoms with Gasteiger partial charge in [0.25, 0.3) is 5.91 Å². The molecular weight excluding hydrogens is 240 g/mol. The highest BCUT2D eigenvalue weighted by Gasteiger charge is 2.16. The summed E-state index contributed by atoms with van der Waals surface area (Å²) in [6.45, 7) is 3.44. The Bertz CT molecular complexity index is 495. The maximum atomic E-state index is 12.4. The summed E-state index contributed by atoms with van der Waals surface area (Å²) in [6.07, 6.45) is 8.76. The van der Waals surface area contributed by atoms with Crippen LogP contribution in [0.1, 0.15) is 35.7 Å². The van der Waals surface area contributed by atoms with Crippen LogP contribution in [0, 0.1) is 0 Å². The second kappa shape index (κ2) is 6.68. The van der Waals surface area contributed by atoms with Crippen LogP contribution in [0.15, 0.2) is 36.9 Å². The summed E-state index contributed by atoms with van der Waals surface area (Å²) in [4.78, 5) is 18.3. The molecular formula is C14H18N4O. The highest BCUT2D eigenvalue weighted by molar-refractivity contribution is 5.93. The van der Waals surface area contributed by atoms with Crippen LogP contribution in [0.3, 0.4) is 0 Å². The normalized spacial score (nSPS) is 10.4. The number of pyridine rings is 1. The fourth-order valence-electron chi connectivity index (χ4n) is 1.86. The molecule has 2 rings (SSSR count). The van der Waals surface area contributed by atoms with Crippen molar-refractivity contribution in [2.24, 2.45) is 0 Å². The Morgan fingerprint density at radius 1 is 1.42 bits per heavy atom. The number of amides is 1. The van der Waals surface area contributed by atoms with Crippen molar-refractivity contribution in [2.75, 3.05) is 6.54 Å². The Hall–Kier alpha value is -2.17. The smallest absolute Gasteiger partial charge is 0.257 e. The Labute approximate surface area is 112 Å². The first-order valence-electron chi connectivity index (χ1n) is 6.48. The van der Waals surface area contributed by atoms with Crippen molar-refractivity contribution in [1.82, 2.24) is 20.1 Å². The summed E-state index contributed by atoms with van der Waals surface area (Å²) in [5.74, 6) is 0.00560. The van der Waals surface area contributed by atoms with Crippen LogP contribution in [0.4, 0.5) is 0 Å². The zero-order chi connectivity index (χ0) is 13.5. The average Bonchev–Trinajstić information content (AvgIpc) is 2.98. The average molecular weight is 258 g/mol. The number of rotatable bonds is 6. The van der Waals surface area contributed by atoms with E-state index in [4.69, 9.17) is 0 Å². The zero-order valence-corrected chi connectivity index (χ0v) is 11.0. The largest absolute Gasteiger partial charge is 0.334 e. The molecule has 0 fully saturated rings. The SMILES string of the molecule is CCCCN(Cc1cccnc1)C(=O)c1cn[nH]c1. The van der Waals surface area contributed by atoms with Gasteiger partial charge in [-0.05, 0) is 18.1 Å². The van der Waals surface area contributed by atoms with E-state index in [1.807, 2.05) is 17.0 Å². The van der Waals surface area contributed by atoms with Gasteiger partial charge in [0.2, 0.25) is 0 Å². The molecule has 5 nitrogen and oxygen atoms in total. The number of hydrogen-bond acceptors (Lipinski definition) is 3. The van der Waals surface area contributed by atoms with Crippen molar-refractivity contribution in [3.8, 4) is 0 Å². The molecule has 0 saturated heterocycles. The lowest BCUT2D eigenvalue weighted by Gasteiger charge is -2.21. The number of aromatic nitrogens is 3. The zero-order valence-electron chi connectivity index (χ0n) is 11.0. The van der Waals surface area contributed by atoms with E-state index < -0.39 is 0 Å². The molecule has 2 aromatic rings. The van der Waals surface area contributed by atoms with Gasteiger partial charge in [-0.3, -0.25) is 14.9 Å². The Morgan fingerprint density at radius 2 is 2.32 bits per heavy atom. The van der Waals surface area contributed by atoms with Gasteiger partial charge in [0.15, 0.2) is 0 Å². The number of carbonyl (C=O) groups is 1. The Kier molecular flexibility index (Phi) is 4.66. The molecule has 1 N–H and O–H groups in total. The van der Waals surface area contributed by atoms with E-state index in [1.54, 1.807) is 24.8 Å². The van der Waals surface area contributed by atoms with Gasteiger partial charge in [0.1, 0.15) is 0 Å². The summed E-state index contributed by atoms with van der Waals surface area (Å²) < 4.78 is 0. The predicted molar refractivity (Wildman–Crippen MR) is 72.5 cm³/mol. The van der Waals surface area contributed by atoms with Crippen molar-refractivity contribution in [3.63, 3.8) is 0 Å². The summed E-state index contributed by atoms with van der Waals surface area (Å²) >= 11 is 0. The Balaban J connectivity index is 2.09. The lowest BCUT2D eigenvalue weighted by molar-refractivity contribution is 0.0740. The van der Waals surface area contributed by atoms with E-state index in [0.717, 1.165) is 24.9 Å². The third kappa shape index (κ3) is 3.64. The molecule has 0 radical (unpaired) electrons. The maximum Gasteiger partial charge on any atom is 0.257 e. The minimum Gasteiger partial charge on any atom is -0.334 e. The minimum atomic E-state index is 0.00560. The lowest BCUT2D eigenvalue weighted by atomic mass is 10.2. The van der Waals surface area contributed by atoms with Crippen molar-refractivity contribution >= 4 is 5.91 Å². The monoisotopic (exact) mass is 258 g/mol. The molecule has 0 spiro atoms. The third-order valence-corrected chi connectivity index (χ3v) is 2.91. The van der Waals surface area contributed by atoms with Gasteiger partial charge in [0, 0.05) is 31.7 Å². The van der Waals surface area contributed by atoms with Gasteiger partial charge >= 0.3 is 0 Å². The summed E-state index contributed by atoms with van der Waals surface area (Å²) in [6, 6.07) is 3.87. The minimum absolute atomic E-state index is 0.00560. The first-order chi connectivity index (χ1) is 9.31. The van der Waals surface area contributed by atoms with E-state index in [2.05, 4.69) is 22.1 Å². The number of carbonyl (C=O) groups excluding carboxylic acids is 1. The topological polar surface area (TPSA) is 61.9 Å². The molecule has 1 amide bonds. The van der Waals surface area contributed by atoms with Crippen molar-refractivity contribution in [1.29, 1.82) is 0 Å². The molecule has 0 unspecified atom stereocenters. The molecule has 0 aliphatic rings. The molecule has 0 bridgehead atoms. The standard InChI is InChI=1S/C14H18N4O/c1-2-3-7-18(11-12-5-4-6-15-8-12)14(19)13-9-16-17-10-13/h4-6,8-10H,2-3,7,11H2,1H3,(H,16,17). The summed E-state index contributed by atoms with van der Waals surface area (Å²) in [5, 5.41) is 6.50. The van der Waals surface area contributed by atoms with Crippen LogP contribution >= 0.6 is 0 Å². The van der Waals surface area contributed by atoms with Crippen molar-refractivity contribution in [2.45, 2.75) is 26.3 Å². The van der Waals surface area contributed by atoms with E-state index in [-0.39, 0.29) is 5.91 Å². The summed E-state index contributed by atoms with van der Waals surface area (Å²) in [7, 11) is 0. The second-order valence-electron chi connectivity index (χ2n) is 4.43. The molecule has 100 valence electrons. The highest BCUT2D eigenvalue weighted by Crippen LogP contribution is 2.09. The predicted octanol–water partition coefficient (Wildman–Crippen LogP) is 2.25. The van der Waals surface area contributed by atoms with Crippen LogP contribution in [0.25, 0.3) is 0 Å². The van der Waals surface area contributed by atoms with Crippen molar-refractivity contribution < 1.29 is 4.79 Å². The molecule has 0 aliphatic carbocycles. The highest BCUT2D eigenvalue weighted by atomic mass is 16.2. The van der Waals surface area contributed by atoms with E-state index in [9.17, 15) is 4.79 Å². The quantitative estimate of drug-likeness (QED) is 0.864. The molecule has 0 aromatic carbocycles. The molecule has 0 saturated carbocycles. The van der Waals surface area contributed by atoms with Crippen LogP contribution in [0.2, 0.25) is 0 Å². The number of unbranched alkanes of at least 4 members (excludes halogenated alkanes) is 1. The van der Waals surface area contributed by atoms with E-state index in [0.29, 0.717) is 12.1 Å². The second-order valence-corrected chi connectivity index (χ2v) is 4.43. The van der Waals surface area contributed by atoms with Gasteiger partial charge in [-0.2, -0.15) is 5.10 Å². The molecule has 2 aromatic heterocycles. The number of nitrogens with one attached hydrogen (secondary N) is 1. The van der Waals surface area contributed by atoms with Crippen LogP contribution < -0.4 is 0 Å². The fraction of sp³-hybridized carbons (Fsp3) is 0.357. The van der Waals surface area contributed by atoms with Crippen molar-refractivity contribution in [3.05, 3.63) is 48.0 Å². The molecule has 0 atom stereocenters. The number of aromatic amines is 1. The number of H-pyrrole nitrogens is 1. The maximum absolute atomic E-state index is 12.4. The van der Waals surface area contributed by atoms with Crippen LogP contribution in [0.5, 0.6) is 0 Å². The van der Waals surface area contributed by atoms with E-state index in [1.165, 1.54) is 0 Å². The van der Waals surface area contributed by atoms with Crippen LogP contribution in [-0.4, -0.2) is 32.5 Å². The summed E-state index contributed by atoms with van der Waals surface area (Å²) in [5.41, 5.74) is 1.63. The number of hydrogen-bond donors (Lipinski definition) is 1. The van der Waals surface area contributed by atoms with Gasteiger partial charge in [-0.25, -0.2) is 0 Å². The number of nitrogens with zero attached hydrogens (tertiary/aromatic N) is 3. The lowest BCUT2D eigenvalue weighted by Crippen LogP contribution is -2.31. The van der Waals surface area contributed by atoms with E-state index >= 15 is 0 Å².